The number of alkyl halides is 1. The maximum Gasteiger partial charge on any atom is 0.170 e. The van der Waals surface area contributed by atoms with E-state index in [9.17, 15) is 5.11 Å². The molecule has 3 heterocycles. The standard InChI is InChI=1S/C28H33FN4O2/c1-27(34)13-16-33(18-27)20-7-8-23-22(17-20)25(31-26(30-23)28(29)11-12-28)32-14-9-19(10-15-32)21-5-3-4-6-24(21)35-2/h3-8,17,19,34H,9-16,18H2,1-2H3/t27-/m1/s1. The van der Waals surface area contributed by atoms with Gasteiger partial charge in [-0.3, -0.25) is 0 Å². The molecule has 2 aromatic carbocycles. The Balaban J connectivity index is 1.33. The van der Waals surface area contributed by atoms with Crippen molar-refractivity contribution in [2.24, 2.45) is 0 Å². The molecule has 6 nitrogen and oxygen atoms in total. The summed E-state index contributed by atoms with van der Waals surface area (Å²) in [5.41, 5.74) is 1.04. The third-order valence-electron chi connectivity index (χ3n) is 7.94. The molecule has 2 saturated heterocycles. The van der Waals surface area contributed by atoms with Gasteiger partial charge in [0.25, 0.3) is 0 Å². The number of ether oxygens (including phenoxy) is 1. The summed E-state index contributed by atoms with van der Waals surface area (Å²) in [7, 11) is 1.73. The van der Waals surface area contributed by atoms with Crippen molar-refractivity contribution in [2.45, 2.75) is 56.2 Å². The lowest BCUT2D eigenvalue weighted by molar-refractivity contribution is 0.0839. The van der Waals surface area contributed by atoms with E-state index in [4.69, 9.17) is 9.72 Å². The minimum absolute atomic E-state index is 0.323. The number of piperidine rings is 1. The van der Waals surface area contributed by atoms with Crippen LogP contribution in [0.25, 0.3) is 10.9 Å². The van der Waals surface area contributed by atoms with Crippen LogP contribution in [0.2, 0.25) is 0 Å². The SMILES string of the molecule is COc1ccccc1C1CCN(c2nc(C3(F)CC3)nc3ccc(N4CC[C@@](C)(O)C4)cc23)CC1. The third-order valence-corrected chi connectivity index (χ3v) is 7.94. The molecule has 1 saturated carbocycles. The van der Waals surface area contributed by atoms with Crippen LogP contribution in [0.15, 0.2) is 42.5 Å². The number of aliphatic hydroxyl groups is 1. The lowest BCUT2D eigenvalue weighted by atomic mass is 9.88. The van der Waals surface area contributed by atoms with Gasteiger partial charge >= 0.3 is 0 Å². The minimum atomic E-state index is -1.38. The number of hydrogen-bond acceptors (Lipinski definition) is 6. The molecular formula is C28H33FN4O2. The molecule has 2 aliphatic heterocycles. The molecule has 3 aromatic rings. The van der Waals surface area contributed by atoms with Crippen molar-refractivity contribution in [3.63, 3.8) is 0 Å². The maximum absolute atomic E-state index is 15.1. The van der Waals surface area contributed by atoms with E-state index in [2.05, 4.69) is 33.0 Å². The fourth-order valence-corrected chi connectivity index (χ4v) is 5.64. The Bertz CT molecular complexity index is 1250. The number of β-amino-alcohol motifs (C(OH)–C–C–N with tert-alkyl or cyclic N) is 1. The van der Waals surface area contributed by atoms with Crippen molar-refractivity contribution in [1.29, 1.82) is 0 Å². The predicted octanol–water partition coefficient (Wildman–Crippen LogP) is 4.94. The highest BCUT2D eigenvalue weighted by Crippen LogP contribution is 2.49. The first-order valence-corrected chi connectivity index (χ1v) is 12.7. The highest BCUT2D eigenvalue weighted by molar-refractivity contribution is 5.92. The van der Waals surface area contributed by atoms with Crippen LogP contribution >= 0.6 is 0 Å². The number of rotatable bonds is 5. The van der Waals surface area contributed by atoms with Gasteiger partial charge in [0.05, 0.1) is 18.2 Å². The Hall–Kier alpha value is -2.93. The fourth-order valence-electron chi connectivity index (χ4n) is 5.64. The zero-order valence-corrected chi connectivity index (χ0v) is 20.5. The highest BCUT2D eigenvalue weighted by atomic mass is 19.1. The van der Waals surface area contributed by atoms with Gasteiger partial charge in [-0.25, -0.2) is 14.4 Å². The van der Waals surface area contributed by atoms with Gasteiger partial charge in [-0.1, -0.05) is 18.2 Å². The molecule has 7 heteroatoms. The zero-order chi connectivity index (χ0) is 24.2. The van der Waals surface area contributed by atoms with E-state index in [1.54, 1.807) is 7.11 Å². The smallest absolute Gasteiger partial charge is 0.170 e. The molecule has 0 radical (unpaired) electrons. The molecule has 184 valence electrons. The molecule has 3 fully saturated rings. The summed E-state index contributed by atoms with van der Waals surface area (Å²) in [4.78, 5) is 14.0. The molecule has 0 unspecified atom stereocenters. The molecular weight excluding hydrogens is 443 g/mol. The highest BCUT2D eigenvalue weighted by Gasteiger charge is 2.48. The van der Waals surface area contributed by atoms with Crippen molar-refractivity contribution in [3.8, 4) is 5.75 Å². The normalized spacial score (nSPS) is 24.2. The second kappa shape index (κ2) is 8.33. The van der Waals surface area contributed by atoms with Crippen molar-refractivity contribution in [3.05, 3.63) is 53.9 Å². The van der Waals surface area contributed by atoms with E-state index in [0.717, 1.165) is 67.1 Å². The number of aromatic nitrogens is 2. The van der Waals surface area contributed by atoms with Crippen molar-refractivity contribution in [2.75, 3.05) is 43.1 Å². The molecule has 1 atom stereocenters. The van der Waals surface area contributed by atoms with E-state index in [1.807, 2.05) is 31.2 Å². The predicted molar refractivity (Wildman–Crippen MR) is 136 cm³/mol. The van der Waals surface area contributed by atoms with Crippen molar-refractivity contribution >= 4 is 22.4 Å². The van der Waals surface area contributed by atoms with E-state index in [0.29, 0.717) is 31.1 Å². The summed E-state index contributed by atoms with van der Waals surface area (Å²) in [6.07, 6.45) is 3.70. The largest absolute Gasteiger partial charge is 0.496 e. The summed E-state index contributed by atoms with van der Waals surface area (Å²) in [5.74, 6) is 2.53. The summed E-state index contributed by atoms with van der Waals surface area (Å²) in [6, 6.07) is 14.4. The van der Waals surface area contributed by atoms with Gasteiger partial charge in [0.1, 0.15) is 11.6 Å². The number of para-hydroxylation sites is 1. The van der Waals surface area contributed by atoms with E-state index >= 15 is 4.39 Å². The lowest BCUT2D eigenvalue weighted by Gasteiger charge is -2.34. The van der Waals surface area contributed by atoms with Gasteiger partial charge in [-0.05, 0) is 74.8 Å². The summed E-state index contributed by atoms with van der Waals surface area (Å²) < 4.78 is 20.7. The number of halogens is 1. The van der Waals surface area contributed by atoms with E-state index < -0.39 is 11.3 Å². The first kappa shape index (κ1) is 22.5. The topological polar surface area (TPSA) is 61.7 Å². The van der Waals surface area contributed by atoms with Crippen LogP contribution in [-0.2, 0) is 5.67 Å². The first-order valence-electron chi connectivity index (χ1n) is 12.7. The Morgan fingerprint density at radius 1 is 1.00 bits per heavy atom. The average Bonchev–Trinajstić information content (AvgIpc) is 3.53. The number of methoxy groups -OCH3 is 1. The Kier molecular flexibility index (Phi) is 5.36. The lowest BCUT2D eigenvalue weighted by Crippen LogP contribution is -2.34. The average molecular weight is 477 g/mol. The van der Waals surface area contributed by atoms with Crippen LogP contribution in [0, 0.1) is 0 Å². The van der Waals surface area contributed by atoms with Crippen molar-refractivity contribution in [1.82, 2.24) is 9.97 Å². The fraction of sp³-hybridized carbons (Fsp3) is 0.500. The minimum Gasteiger partial charge on any atom is -0.496 e. The molecule has 0 bridgehead atoms. The molecule has 1 N–H and O–H groups in total. The molecule has 1 aromatic heterocycles. The van der Waals surface area contributed by atoms with Crippen LogP contribution < -0.4 is 14.5 Å². The van der Waals surface area contributed by atoms with Gasteiger partial charge < -0.3 is 19.6 Å². The quantitative estimate of drug-likeness (QED) is 0.563. The van der Waals surface area contributed by atoms with Crippen molar-refractivity contribution < 1.29 is 14.2 Å². The van der Waals surface area contributed by atoms with Gasteiger partial charge in [-0.2, -0.15) is 0 Å². The summed E-state index contributed by atoms with van der Waals surface area (Å²) in [6.45, 7) is 4.98. The zero-order valence-electron chi connectivity index (χ0n) is 20.5. The first-order chi connectivity index (χ1) is 16.9. The second-order valence-corrected chi connectivity index (χ2v) is 10.7. The van der Waals surface area contributed by atoms with Gasteiger partial charge in [0.2, 0.25) is 0 Å². The van der Waals surface area contributed by atoms with Crippen LogP contribution in [0.4, 0.5) is 15.9 Å². The Morgan fingerprint density at radius 3 is 2.46 bits per heavy atom. The molecule has 6 rings (SSSR count). The molecule has 0 amide bonds. The molecule has 3 aliphatic rings. The molecule has 0 spiro atoms. The second-order valence-electron chi connectivity index (χ2n) is 10.7. The summed E-state index contributed by atoms with van der Waals surface area (Å²) in [5, 5.41) is 11.4. The maximum atomic E-state index is 15.1. The number of benzene rings is 2. The number of fused-ring (bicyclic) bond motifs is 1. The van der Waals surface area contributed by atoms with Crippen LogP contribution in [0.5, 0.6) is 5.75 Å². The Labute approximate surface area is 205 Å². The van der Waals surface area contributed by atoms with Gasteiger partial charge in [-0.15, -0.1) is 0 Å². The number of nitrogens with zero attached hydrogens (tertiary/aromatic N) is 4. The third kappa shape index (κ3) is 4.20. The van der Waals surface area contributed by atoms with E-state index in [-0.39, 0.29) is 0 Å². The monoisotopic (exact) mass is 476 g/mol. The summed E-state index contributed by atoms with van der Waals surface area (Å²) >= 11 is 0. The molecule has 1 aliphatic carbocycles. The van der Waals surface area contributed by atoms with Crippen LogP contribution in [0.1, 0.15) is 56.3 Å². The number of hydrogen-bond donors (Lipinski definition) is 1. The van der Waals surface area contributed by atoms with Gasteiger partial charge in [0.15, 0.2) is 11.5 Å². The van der Waals surface area contributed by atoms with E-state index in [1.165, 1.54) is 5.56 Å². The van der Waals surface area contributed by atoms with Crippen LogP contribution in [-0.4, -0.2) is 54.0 Å². The Morgan fingerprint density at radius 2 is 1.77 bits per heavy atom. The number of anilines is 2. The van der Waals surface area contributed by atoms with Gasteiger partial charge in [0, 0.05) is 37.3 Å². The molecule has 35 heavy (non-hydrogen) atoms. The van der Waals surface area contributed by atoms with Crippen LogP contribution in [0.3, 0.4) is 0 Å².